The zero-order valence-electron chi connectivity index (χ0n) is 14.3. The number of piperidine rings is 1. The van der Waals surface area contributed by atoms with Crippen molar-refractivity contribution in [3.05, 3.63) is 46.2 Å². The summed E-state index contributed by atoms with van der Waals surface area (Å²) >= 11 is 5.89. The van der Waals surface area contributed by atoms with Crippen LogP contribution in [0.5, 0.6) is 5.75 Å². The Morgan fingerprint density at radius 2 is 1.83 bits per heavy atom. The lowest BCUT2D eigenvalue weighted by molar-refractivity contribution is 0.0594. The van der Waals surface area contributed by atoms with Crippen LogP contribution in [-0.4, -0.2) is 39.8 Å². The van der Waals surface area contributed by atoms with Crippen LogP contribution in [0.2, 0.25) is 5.02 Å². The minimum Gasteiger partial charge on any atom is -0.490 e. The topological polar surface area (TPSA) is 47.4 Å². The molecule has 1 aliphatic rings. The first kappa shape index (κ1) is 16.8. The molecule has 1 aliphatic heterocycles. The number of hydrogen-bond acceptors (Lipinski definition) is 3. The zero-order chi connectivity index (χ0) is 17.3. The summed E-state index contributed by atoms with van der Waals surface area (Å²) in [6, 6.07) is 7.40. The van der Waals surface area contributed by atoms with Gasteiger partial charge in [-0.25, -0.2) is 0 Å². The molecule has 2 heterocycles. The monoisotopic (exact) mass is 347 g/mol. The van der Waals surface area contributed by atoms with Crippen molar-refractivity contribution >= 4 is 17.5 Å². The van der Waals surface area contributed by atoms with Gasteiger partial charge in [-0.3, -0.25) is 9.48 Å². The number of benzene rings is 1. The highest BCUT2D eigenvalue weighted by atomic mass is 35.5. The van der Waals surface area contributed by atoms with Crippen LogP contribution in [0.1, 0.15) is 34.6 Å². The quantitative estimate of drug-likeness (QED) is 0.855. The van der Waals surface area contributed by atoms with Gasteiger partial charge in [0.05, 0.1) is 11.3 Å². The van der Waals surface area contributed by atoms with Crippen molar-refractivity contribution in [1.29, 1.82) is 0 Å². The van der Waals surface area contributed by atoms with Crippen molar-refractivity contribution in [3.63, 3.8) is 0 Å². The van der Waals surface area contributed by atoms with E-state index in [0.29, 0.717) is 18.1 Å². The van der Waals surface area contributed by atoms with Crippen LogP contribution in [0.3, 0.4) is 0 Å². The summed E-state index contributed by atoms with van der Waals surface area (Å²) in [6.45, 7) is 5.22. The fraction of sp³-hybridized carbons (Fsp3) is 0.444. The molecule has 1 fully saturated rings. The van der Waals surface area contributed by atoms with E-state index in [1.165, 1.54) is 0 Å². The molecule has 128 valence electrons. The number of carbonyl (C=O) groups excluding carboxylic acids is 1. The number of hydrogen-bond donors (Lipinski definition) is 0. The number of likely N-dealkylation sites (tertiary alicyclic amines) is 1. The molecule has 3 rings (SSSR count). The number of amides is 1. The average Bonchev–Trinajstić information content (AvgIpc) is 2.82. The predicted octanol–water partition coefficient (Wildman–Crippen LogP) is 3.37. The third-order valence-corrected chi connectivity index (χ3v) is 4.82. The fourth-order valence-corrected chi connectivity index (χ4v) is 3.25. The molecule has 1 saturated heterocycles. The Morgan fingerprint density at radius 3 is 2.38 bits per heavy atom. The van der Waals surface area contributed by atoms with Gasteiger partial charge in [0.2, 0.25) is 0 Å². The largest absolute Gasteiger partial charge is 0.490 e. The molecule has 0 N–H and O–H groups in total. The van der Waals surface area contributed by atoms with E-state index >= 15 is 0 Å². The van der Waals surface area contributed by atoms with Gasteiger partial charge in [-0.15, -0.1) is 0 Å². The van der Waals surface area contributed by atoms with Gasteiger partial charge < -0.3 is 9.64 Å². The van der Waals surface area contributed by atoms with Crippen molar-refractivity contribution in [1.82, 2.24) is 14.7 Å². The molecule has 1 aromatic carbocycles. The minimum atomic E-state index is 0.0723. The van der Waals surface area contributed by atoms with Crippen molar-refractivity contribution in [2.24, 2.45) is 7.05 Å². The van der Waals surface area contributed by atoms with E-state index in [-0.39, 0.29) is 12.0 Å². The van der Waals surface area contributed by atoms with Crippen LogP contribution in [0.15, 0.2) is 24.3 Å². The predicted molar refractivity (Wildman–Crippen MR) is 93.7 cm³/mol. The van der Waals surface area contributed by atoms with Gasteiger partial charge in [0, 0.05) is 43.7 Å². The van der Waals surface area contributed by atoms with Gasteiger partial charge in [0.15, 0.2) is 0 Å². The molecule has 0 aliphatic carbocycles. The molecule has 0 spiro atoms. The Bertz CT molecular complexity index is 731. The highest BCUT2D eigenvalue weighted by Gasteiger charge is 2.28. The number of aromatic nitrogens is 2. The molecule has 1 amide bonds. The molecular formula is C18H22ClN3O2. The van der Waals surface area contributed by atoms with E-state index in [0.717, 1.165) is 35.5 Å². The summed E-state index contributed by atoms with van der Waals surface area (Å²) in [6.07, 6.45) is 1.78. The Kier molecular flexibility index (Phi) is 4.81. The third kappa shape index (κ3) is 3.41. The summed E-state index contributed by atoms with van der Waals surface area (Å²) in [4.78, 5) is 14.7. The Labute approximate surface area is 147 Å². The van der Waals surface area contributed by atoms with Crippen LogP contribution in [-0.2, 0) is 7.05 Å². The standard InChI is InChI=1S/C18H22ClN3O2/c1-12-17(13(2)21(3)20-12)18(23)22-10-8-16(9-11-22)24-15-6-4-14(19)5-7-15/h4-7,16H,8-11H2,1-3H3. The van der Waals surface area contributed by atoms with Crippen LogP contribution < -0.4 is 4.74 Å². The maximum absolute atomic E-state index is 12.8. The van der Waals surface area contributed by atoms with Gasteiger partial charge in [0.1, 0.15) is 11.9 Å². The number of carbonyl (C=O) groups is 1. The summed E-state index contributed by atoms with van der Waals surface area (Å²) in [5, 5.41) is 5.04. The SMILES string of the molecule is Cc1nn(C)c(C)c1C(=O)N1CCC(Oc2ccc(Cl)cc2)CC1. The van der Waals surface area contributed by atoms with Crippen molar-refractivity contribution in [3.8, 4) is 5.75 Å². The molecule has 0 unspecified atom stereocenters. The van der Waals surface area contributed by atoms with Crippen molar-refractivity contribution in [2.45, 2.75) is 32.8 Å². The molecule has 0 saturated carbocycles. The number of aryl methyl sites for hydroxylation is 2. The second-order valence-electron chi connectivity index (χ2n) is 6.23. The Balaban J connectivity index is 1.60. The van der Waals surface area contributed by atoms with Crippen molar-refractivity contribution in [2.75, 3.05) is 13.1 Å². The summed E-state index contributed by atoms with van der Waals surface area (Å²) in [5.41, 5.74) is 2.44. The first-order valence-corrected chi connectivity index (χ1v) is 8.55. The highest BCUT2D eigenvalue weighted by Crippen LogP contribution is 2.23. The van der Waals surface area contributed by atoms with Crippen molar-refractivity contribution < 1.29 is 9.53 Å². The van der Waals surface area contributed by atoms with E-state index in [9.17, 15) is 4.79 Å². The highest BCUT2D eigenvalue weighted by molar-refractivity contribution is 6.30. The first-order chi connectivity index (χ1) is 11.5. The Morgan fingerprint density at radius 1 is 1.21 bits per heavy atom. The van der Waals surface area contributed by atoms with Gasteiger partial charge in [-0.1, -0.05) is 11.6 Å². The van der Waals surface area contributed by atoms with E-state index in [1.807, 2.05) is 50.1 Å². The lowest BCUT2D eigenvalue weighted by Crippen LogP contribution is -2.42. The van der Waals surface area contributed by atoms with Gasteiger partial charge >= 0.3 is 0 Å². The Hall–Kier alpha value is -2.01. The van der Waals surface area contributed by atoms with Crippen LogP contribution in [0, 0.1) is 13.8 Å². The number of halogens is 1. The molecule has 2 aromatic rings. The maximum atomic E-state index is 12.8. The number of nitrogens with zero attached hydrogens (tertiary/aromatic N) is 3. The molecular weight excluding hydrogens is 326 g/mol. The van der Waals surface area contributed by atoms with E-state index in [1.54, 1.807) is 4.68 Å². The first-order valence-electron chi connectivity index (χ1n) is 8.17. The van der Waals surface area contributed by atoms with Gasteiger partial charge in [-0.05, 0) is 38.1 Å². The second-order valence-corrected chi connectivity index (χ2v) is 6.67. The van der Waals surface area contributed by atoms with Crippen LogP contribution in [0.4, 0.5) is 0 Å². The summed E-state index contributed by atoms with van der Waals surface area (Å²) in [7, 11) is 1.87. The normalized spacial score (nSPS) is 15.6. The smallest absolute Gasteiger partial charge is 0.257 e. The van der Waals surface area contributed by atoms with Gasteiger partial charge in [0.25, 0.3) is 5.91 Å². The third-order valence-electron chi connectivity index (χ3n) is 4.57. The molecule has 5 nitrogen and oxygen atoms in total. The maximum Gasteiger partial charge on any atom is 0.257 e. The van der Waals surface area contributed by atoms with E-state index < -0.39 is 0 Å². The number of ether oxygens (including phenoxy) is 1. The van der Waals surface area contributed by atoms with Gasteiger partial charge in [-0.2, -0.15) is 5.10 Å². The minimum absolute atomic E-state index is 0.0723. The van der Waals surface area contributed by atoms with E-state index in [2.05, 4.69) is 5.10 Å². The fourth-order valence-electron chi connectivity index (χ4n) is 3.12. The molecule has 6 heteroatoms. The molecule has 0 bridgehead atoms. The van der Waals surface area contributed by atoms with Crippen LogP contribution in [0.25, 0.3) is 0 Å². The average molecular weight is 348 g/mol. The summed E-state index contributed by atoms with van der Waals surface area (Å²) < 4.78 is 7.75. The lowest BCUT2D eigenvalue weighted by Gasteiger charge is -2.32. The lowest BCUT2D eigenvalue weighted by atomic mass is 10.1. The van der Waals surface area contributed by atoms with E-state index in [4.69, 9.17) is 16.3 Å². The van der Waals surface area contributed by atoms with Crippen LogP contribution >= 0.6 is 11.6 Å². The molecule has 0 radical (unpaired) electrons. The number of rotatable bonds is 3. The zero-order valence-corrected chi connectivity index (χ0v) is 15.0. The molecule has 24 heavy (non-hydrogen) atoms. The molecule has 1 aromatic heterocycles. The second kappa shape index (κ2) is 6.85. The summed E-state index contributed by atoms with van der Waals surface area (Å²) in [5.74, 6) is 0.895. The molecule has 0 atom stereocenters.